The number of carbonyl (C=O) groups excluding carboxylic acids is 1. The van der Waals surface area contributed by atoms with Crippen LogP contribution in [0.15, 0.2) is 24.3 Å². The van der Waals surface area contributed by atoms with Gasteiger partial charge in [0, 0.05) is 5.92 Å². The molecule has 6 heteroatoms. The molecule has 134 valence electrons. The smallest absolute Gasteiger partial charge is 0.404 e. The molecule has 1 aromatic carbocycles. The van der Waals surface area contributed by atoms with E-state index in [1.807, 2.05) is 6.07 Å². The van der Waals surface area contributed by atoms with Gasteiger partial charge in [0.05, 0.1) is 11.5 Å². The topological polar surface area (TPSA) is 88.1 Å². The first kappa shape index (κ1) is 17.7. The number of nitrogens with one attached hydrogen (secondary N) is 1. The quantitative estimate of drug-likeness (QED) is 0.878. The number of nitriles is 1. The molecule has 1 saturated heterocycles. The average molecular weight is 345 g/mol. The Bertz CT molecular complexity index is 669. The van der Waals surface area contributed by atoms with Crippen molar-refractivity contribution in [1.29, 1.82) is 5.26 Å². The summed E-state index contributed by atoms with van der Waals surface area (Å²) >= 11 is 0. The van der Waals surface area contributed by atoms with Gasteiger partial charge in [0.1, 0.15) is 11.9 Å². The normalized spacial score (nSPS) is 26.6. The lowest BCUT2D eigenvalue weighted by Gasteiger charge is -2.44. The number of benzene rings is 1. The molecular formula is C19H24FN3O2. The Morgan fingerprint density at radius 2 is 2.08 bits per heavy atom. The summed E-state index contributed by atoms with van der Waals surface area (Å²) in [7, 11) is 0. The molecule has 3 rings (SSSR count). The number of piperidine rings is 1. The zero-order valence-electron chi connectivity index (χ0n) is 14.2. The number of hydrogen-bond donors (Lipinski definition) is 2. The maximum Gasteiger partial charge on any atom is 0.404 e. The lowest BCUT2D eigenvalue weighted by Crippen LogP contribution is -2.49. The third-order valence-electron chi connectivity index (χ3n) is 5.78. The van der Waals surface area contributed by atoms with Gasteiger partial charge >= 0.3 is 6.09 Å². The van der Waals surface area contributed by atoms with Crippen LogP contribution in [0.1, 0.15) is 37.7 Å². The molecular weight excluding hydrogens is 321 g/mol. The summed E-state index contributed by atoms with van der Waals surface area (Å²) in [6.07, 6.45) is 2.80. The summed E-state index contributed by atoms with van der Waals surface area (Å²) in [5, 5.41) is 13.6. The highest BCUT2D eigenvalue weighted by Gasteiger charge is 2.53. The molecule has 2 fully saturated rings. The third kappa shape index (κ3) is 3.34. The summed E-state index contributed by atoms with van der Waals surface area (Å²) in [5.41, 5.74) is 5.06. The van der Waals surface area contributed by atoms with E-state index in [2.05, 4.69) is 11.4 Å². The number of ether oxygens (including phenoxy) is 1. The lowest BCUT2D eigenvalue weighted by molar-refractivity contribution is 0.0447. The summed E-state index contributed by atoms with van der Waals surface area (Å²) in [6.45, 7) is 1.66. The third-order valence-corrected chi connectivity index (χ3v) is 5.78. The maximum absolute atomic E-state index is 14.0. The largest absolute Gasteiger partial charge is 0.446 e. The van der Waals surface area contributed by atoms with Crippen molar-refractivity contribution in [2.45, 2.75) is 43.6 Å². The molecule has 0 radical (unpaired) electrons. The Morgan fingerprint density at radius 1 is 1.32 bits per heavy atom. The van der Waals surface area contributed by atoms with Crippen LogP contribution in [0, 0.1) is 29.0 Å². The highest BCUT2D eigenvalue weighted by Crippen LogP contribution is 2.50. The maximum atomic E-state index is 14.0. The molecule has 5 nitrogen and oxygen atoms in total. The second kappa shape index (κ2) is 7.40. The van der Waals surface area contributed by atoms with Crippen molar-refractivity contribution >= 4 is 6.09 Å². The van der Waals surface area contributed by atoms with Crippen LogP contribution in [0.25, 0.3) is 0 Å². The van der Waals surface area contributed by atoms with Gasteiger partial charge in [0.25, 0.3) is 0 Å². The Hall–Kier alpha value is -2.13. The van der Waals surface area contributed by atoms with Gasteiger partial charge in [-0.05, 0) is 68.8 Å². The Balaban J connectivity index is 2.07. The van der Waals surface area contributed by atoms with Crippen LogP contribution >= 0.6 is 0 Å². The van der Waals surface area contributed by atoms with E-state index in [1.54, 1.807) is 6.07 Å². The zero-order valence-corrected chi connectivity index (χ0v) is 14.2. The molecule has 1 unspecified atom stereocenters. The Kier molecular flexibility index (Phi) is 5.24. The number of rotatable bonds is 4. The summed E-state index contributed by atoms with van der Waals surface area (Å²) in [4.78, 5) is 11.3. The standard InChI is InChI=1S/C19H24FN3O2/c20-15-4-1-3-14(11-15)19(12-21,13-7-9-23-10-8-13)16-5-2-6-17(16)25-18(22)24/h1,3-4,11,13,16-17,23H,2,5-10H2,(H2,22,24)/t16-,17-,19?/m0/s1. The van der Waals surface area contributed by atoms with Gasteiger partial charge in [-0.1, -0.05) is 12.1 Å². The van der Waals surface area contributed by atoms with Crippen molar-refractivity contribution in [2.75, 3.05) is 13.1 Å². The van der Waals surface area contributed by atoms with Crippen LogP contribution in [-0.2, 0) is 10.2 Å². The van der Waals surface area contributed by atoms with Crippen molar-refractivity contribution < 1.29 is 13.9 Å². The van der Waals surface area contributed by atoms with Crippen LogP contribution < -0.4 is 11.1 Å². The van der Waals surface area contributed by atoms with Crippen LogP contribution in [-0.4, -0.2) is 25.3 Å². The summed E-state index contributed by atoms with van der Waals surface area (Å²) < 4.78 is 19.3. The second-order valence-electron chi connectivity index (χ2n) is 7.03. The number of amides is 1. The molecule has 1 saturated carbocycles. The Morgan fingerprint density at radius 3 is 2.72 bits per heavy atom. The first-order chi connectivity index (χ1) is 12.1. The molecule has 1 aliphatic heterocycles. The number of hydrogen-bond acceptors (Lipinski definition) is 4. The number of nitrogens with two attached hydrogens (primary N) is 1. The zero-order chi connectivity index (χ0) is 17.9. The van der Waals surface area contributed by atoms with E-state index in [9.17, 15) is 14.4 Å². The molecule has 0 aromatic heterocycles. The number of carbonyl (C=O) groups is 1. The highest BCUT2D eigenvalue weighted by atomic mass is 19.1. The number of nitrogens with zero attached hydrogens (tertiary/aromatic N) is 1. The van der Waals surface area contributed by atoms with Crippen LogP contribution in [0.3, 0.4) is 0 Å². The van der Waals surface area contributed by atoms with Gasteiger partial charge < -0.3 is 15.8 Å². The van der Waals surface area contributed by atoms with E-state index < -0.39 is 17.6 Å². The average Bonchev–Trinajstić information content (AvgIpc) is 3.05. The molecule has 3 atom stereocenters. The van der Waals surface area contributed by atoms with Gasteiger partial charge in [0.15, 0.2) is 0 Å². The monoisotopic (exact) mass is 345 g/mol. The van der Waals surface area contributed by atoms with E-state index >= 15 is 0 Å². The fraction of sp³-hybridized carbons (Fsp3) is 0.579. The first-order valence-corrected chi connectivity index (χ1v) is 8.92. The van der Waals surface area contributed by atoms with E-state index in [-0.39, 0.29) is 17.7 Å². The van der Waals surface area contributed by atoms with Gasteiger partial charge in [0.2, 0.25) is 0 Å². The molecule has 25 heavy (non-hydrogen) atoms. The minimum atomic E-state index is -0.874. The molecule has 1 heterocycles. The molecule has 2 aliphatic rings. The molecule has 1 aliphatic carbocycles. The lowest BCUT2D eigenvalue weighted by atomic mass is 9.59. The molecule has 1 aromatic rings. The van der Waals surface area contributed by atoms with Crippen LogP contribution in [0.4, 0.5) is 9.18 Å². The van der Waals surface area contributed by atoms with E-state index in [0.717, 1.165) is 38.8 Å². The predicted octanol–water partition coefficient (Wildman–Crippen LogP) is 2.85. The summed E-state index contributed by atoms with van der Waals surface area (Å²) in [6, 6.07) is 8.88. The van der Waals surface area contributed by atoms with Crippen molar-refractivity contribution in [3.63, 3.8) is 0 Å². The highest BCUT2D eigenvalue weighted by molar-refractivity contribution is 5.65. The molecule has 0 spiro atoms. The minimum absolute atomic E-state index is 0.0858. The minimum Gasteiger partial charge on any atom is -0.446 e. The van der Waals surface area contributed by atoms with Gasteiger partial charge in [-0.3, -0.25) is 0 Å². The second-order valence-corrected chi connectivity index (χ2v) is 7.03. The number of halogens is 1. The van der Waals surface area contributed by atoms with Crippen molar-refractivity contribution in [3.8, 4) is 6.07 Å². The SMILES string of the molecule is N#CC(c1cccc(F)c1)(C1CCNCC1)[C@H]1CCC[C@@H]1OC(N)=O. The van der Waals surface area contributed by atoms with Gasteiger partial charge in [-0.15, -0.1) is 0 Å². The van der Waals surface area contributed by atoms with E-state index in [1.165, 1.54) is 12.1 Å². The van der Waals surface area contributed by atoms with Crippen LogP contribution in [0.2, 0.25) is 0 Å². The summed E-state index contributed by atoms with van der Waals surface area (Å²) in [5.74, 6) is -0.436. The fourth-order valence-electron chi connectivity index (χ4n) is 4.75. The predicted molar refractivity (Wildman–Crippen MR) is 91.1 cm³/mol. The molecule has 0 bridgehead atoms. The van der Waals surface area contributed by atoms with Crippen molar-refractivity contribution in [1.82, 2.24) is 5.32 Å². The Labute approximate surface area is 147 Å². The van der Waals surface area contributed by atoms with Crippen molar-refractivity contribution in [2.24, 2.45) is 17.6 Å². The van der Waals surface area contributed by atoms with Gasteiger partial charge in [-0.25, -0.2) is 9.18 Å². The van der Waals surface area contributed by atoms with Gasteiger partial charge in [-0.2, -0.15) is 5.26 Å². The van der Waals surface area contributed by atoms with E-state index in [4.69, 9.17) is 10.5 Å². The van der Waals surface area contributed by atoms with E-state index in [0.29, 0.717) is 12.0 Å². The fourth-order valence-corrected chi connectivity index (χ4v) is 4.75. The molecule has 1 amide bonds. The van der Waals surface area contributed by atoms with Crippen LogP contribution in [0.5, 0.6) is 0 Å². The van der Waals surface area contributed by atoms with Crippen molar-refractivity contribution in [3.05, 3.63) is 35.6 Å². The first-order valence-electron chi connectivity index (χ1n) is 8.92. The number of primary amides is 1. The molecule has 3 N–H and O–H groups in total.